The summed E-state index contributed by atoms with van der Waals surface area (Å²) in [5.74, 6) is 0.470. The van der Waals surface area contributed by atoms with Gasteiger partial charge in [0.1, 0.15) is 0 Å². The van der Waals surface area contributed by atoms with E-state index in [1.165, 1.54) is 0 Å². The average molecular weight is 170 g/mol. The van der Waals surface area contributed by atoms with Crippen LogP contribution < -0.4 is 5.32 Å². The van der Waals surface area contributed by atoms with Crippen LogP contribution in [0.25, 0.3) is 0 Å². The molecule has 0 aromatic heterocycles. The third-order valence-electron chi connectivity index (χ3n) is 1.73. The van der Waals surface area contributed by atoms with Gasteiger partial charge in [-0.05, 0) is 12.3 Å². The molecule has 0 rings (SSSR count). The molecule has 2 atom stereocenters. The molecule has 0 saturated carbocycles. The van der Waals surface area contributed by atoms with Crippen LogP contribution in [0.1, 0.15) is 20.3 Å². The van der Waals surface area contributed by atoms with Crippen LogP contribution in [0.3, 0.4) is 0 Å². The van der Waals surface area contributed by atoms with Gasteiger partial charge in [0, 0.05) is 20.3 Å². The van der Waals surface area contributed by atoms with Crippen molar-refractivity contribution >= 4 is 0 Å². The zero-order valence-electron chi connectivity index (χ0n) is 8.13. The molecule has 1 N–H and O–H groups in total. The van der Waals surface area contributed by atoms with Crippen molar-refractivity contribution in [1.82, 2.24) is 5.32 Å². The molecule has 0 heterocycles. The molecular formula is C9H18N2O. The van der Waals surface area contributed by atoms with Crippen LogP contribution in [0.15, 0.2) is 0 Å². The lowest BCUT2D eigenvalue weighted by molar-refractivity contribution is 0.157. The van der Waals surface area contributed by atoms with Crippen LogP contribution in [-0.2, 0) is 4.74 Å². The summed E-state index contributed by atoms with van der Waals surface area (Å²) in [5, 5.41) is 11.8. The lowest BCUT2D eigenvalue weighted by atomic mass is 10.1. The van der Waals surface area contributed by atoms with E-state index in [9.17, 15) is 0 Å². The minimum atomic E-state index is -0.00990. The Hall–Kier alpha value is -0.590. The first-order valence-corrected chi connectivity index (χ1v) is 4.36. The van der Waals surface area contributed by atoms with Crippen LogP contribution in [0, 0.1) is 17.2 Å². The molecule has 0 spiro atoms. The van der Waals surface area contributed by atoms with Crippen LogP contribution >= 0.6 is 0 Å². The Balaban J connectivity index is 3.46. The summed E-state index contributed by atoms with van der Waals surface area (Å²) in [6, 6.07) is 2.19. The fraction of sp³-hybridized carbons (Fsp3) is 0.889. The Labute approximate surface area is 74.7 Å². The minimum Gasteiger partial charge on any atom is -0.384 e. The molecule has 0 aromatic rings. The molecule has 0 saturated heterocycles. The standard InChI is InChI=1S/C9H18N2O/c1-4-9(5-10)11-6-8(2)7-12-3/h8-9,11H,4,6-7H2,1-3H3. The fourth-order valence-corrected chi connectivity index (χ4v) is 0.968. The maximum atomic E-state index is 8.63. The van der Waals surface area contributed by atoms with Gasteiger partial charge in [-0.25, -0.2) is 0 Å². The number of rotatable bonds is 6. The van der Waals surface area contributed by atoms with Gasteiger partial charge in [0.05, 0.1) is 12.1 Å². The summed E-state index contributed by atoms with van der Waals surface area (Å²) in [6.45, 7) is 5.69. The van der Waals surface area contributed by atoms with E-state index in [-0.39, 0.29) is 6.04 Å². The number of nitrogens with one attached hydrogen (secondary N) is 1. The molecule has 70 valence electrons. The molecule has 0 amide bonds. The normalized spacial score (nSPS) is 15.2. The van der Waals surface area contributed by atoms with E-state index in [0.29, 0.717) is 5.92 Å². The van der Waals surface area contributed by atoms with Gasteiger partial charge in [-0.15, -0.1) is 0 Å². The predicted molar refractivity (Wildman–Crippen MR) is 48.7 cm³/mol. The quantitative estimate of drug-likeness (QED) is 0.650. The smallest absolute Gasteiger partial charge is 0.0950 e. The van der Waals surface area contributed by atoms with Gasteiger partial charge in [-0.3, -0.25) is 0 Å². The average Bonchev–Trinajstić information content (AvgIpc) is 2.07. The number of nitriles is 1. The highest BCUT2D eigenvalue weighted by Crippen LogP contribution is 1.95. The second kappa shape index (κ2) is 7.08. The lowest BCUT2D eigenvalue weighted by Gasteiger charge is -2.13. The first-order chi connectivity index (χ1) is 5.74. The summed E-state index contributed by atoms with van der Waals surface area (Å²) < 4.78 is 4.98. The molecule has 3 nitrogen and oxygen atoms in total. The number of nitrogens with zero attached hydrogens (tertiary/aromatic N) is 1. The maximum absolute atomic E-state index is 8.63. The second-order valence-electron chi connectivity index (χ2n) is 3.06. The van der Waals surface area contributed by atoms with Gasteiger partial charge >= 0.3 is 0 Å². The fourth-order valence-electron chi connectivity index (χ4n) is 0.968. The SMILES string of the molecule is CCC(C#N)NCC(C)COC. The Bertz CT molecular complexity index is 142. The Morgan fingerprint density at radius 3 is 2.67 bits per heavy atom. The molecular weight excluding hydrogens is 152 g/mol. The molecule has 3 heteroatoms. The van der Waals surface area contributed by atoms with Gasteiger partial charge in [-0.2, -0.15) is 5.26 Å². The van der Waals surface area contributed by atoms with Crippen LogP contribution in [0.5, 0.6) is 0 Å². The predicted octanol–water partition coefficient (Wildman–Crippen LogP) is 1.16. The van der Waals surface area contributed by atoms with Gasteiger partial charge < -0.3 is 10.1 Å². The topological polar surface area (TPSA) is 45.0 Å². The monoisotopic (exact) mass is 170 g/mol. The first kappa shape index (κ1) is 11.4. The van der Waals surface area contributed by atoms with E-state index in [0.717, 1.165) is 19.6 Å². The van der Waals surface area contributed by atoms with Gasteiger partial charge in [-0.1, -0.05) is 13.8 Å². The number of ether oxygens (including phenoxy) is 1. The van der Waals surface area contributed by atoms with E-state index in [4.69, 9.17) is 10.00 Å². The molecule has 0 fully saturated rings. The number of hydrogen-bond donors (Lipinski definition) is 1. The highest BCUT2D eigenvalue weighted by atomic mass is 16.5. The van der Waals surface area contributed by atoms with Gasteiger partial charge in [0.25, 0.3) is 0 Å². The highest BCUT2D eigenvalue weighted by Gasteiger charge is 2.05. The lowest BCUT2D eigenvalue weighted by Crippen LogP contribution is -2.32. The first-order valence-electron chi connectivity index (χ1n) is 4.36. The summed E-state index contributed by atoms with van der Waals surface area (Å²) in [7, 11) is 1.69. The molecule has 2 unspecified atom stereocenters. The third kappa shape index (κ3) is 5.11. The summed E-state index contributed by atoms with van der Waals surface area (Å²) in [6.07, 6.45) is 0.857. The minimum absolute atomic E-state index is 0.00990. The van der Waals surface area contributed by atoms with Crippen molar-refractivity contribution in [2.45, 2.75) is 26.3 Å². The van der Waals surface area contributed by atoms with Crippen molar-refractivity contribution in [2.75, 3.05) is 20.3 Å². The third-order valence-corrected chi connectivity index (χ3v) is 1.73. The zero-order valence-corrected chi connectivity index (χ0v) is 8.13. The van der Waals surface area contributed by atoms with E-state index >= 15 is 0 Å². The van der Waals surface area contributed by atoms with E-state index in [1.54, 1.807) is 7.11 Å². The maximum Gasteiger partial charge on any atom is 0.0950 e. The molecule has 0 radical (unpaired) electrons. The largest absolute Gasteiger partial charge is 0.384 e. The van der Waals surface area contributed by atoms with Gasteiger partial charge in [0.15, 0.2) is 0 Å². The van der Waals surface area contributed by atoms with E-state index < -0.39 is 0 Å². The molecule has 0 aliphatic carbocycles. The van der Waals surface area contributed by atoms with Crippen LogP contribution in [-0.4, -0.2) is 26.3 Å². The zero-order chi connectivity index (χ0) is 9.40. The van der Waals surface area contributed by atoms with Crippen molar-refractivity contribution in [1.29, 1.82) is 5.26 Å². The molecule has 0 aromatic carbocycles. The molecule has 0 bridgehead atoms. The van der Waals surface area contributed by atoms with Crippen LogP contribution in [0.4, 0.5) is 0 Å². The van der Waals surface area contributed by atoms with E-state index in [2.05, 4.69) is 18.3 Å². The van der Waals surface area contributed by atoms with Crippen molar-refractivity contribution in [3.8, 4) is 6.07 Å². The summed E-state index contributed by atoms with van der Waals surface area (Å²) >= 11 is 0. The van der Waals surface area contributed by atoms with Crippen LogP contribution in [0.2, 0.25) is 0 Å². The van der Waals surface area contributed by atoms with Crippen molar-refractivity contribution < 1.29 is 4.74 Å². The van der Waals surface area contributed by atoms with E-state index in [1.807, 2.05) is 6.92 Å². The van der Waals surface area contributed by atoms with Crippen molar-refractivity contribution in [2.24, 2.45) is 5.92 Å². The van der Waals surface area contributed by atoms with Crippen molar-refractivity contribution in [3.05, 3.63) is 0 Å². The molecule has 0 aliphatic heterocycles. The Morgan fingerprint density at radius 1 is 1.58 bits per heavy atom. The number of hydrogen-bond acceptors (Lipinski definition) is 3. The Kier molecular flexibility index (Phi) is 6.73. The second-order valence-corrected chi connectivity index (χ2v) is 3.06. The summed E-state index contributed by atoms with van der Waals surface area (Å²) in [5.41, 5.74) is 0. The highest BCUT2D eigenvalue weighted by molar-refractivity contribution is 4.88. The summed E-state index contributed by atoms with van der Waals surface area (Å²) in [4.78, 5) is 0. The molecule has 0 aliphatic rings. The van der Waals surface area contributed by atoms with Gasteiger partial charge in [0.2, 0.25) is 0 Å². The Morgan fingerprint density at radius 2 is 2.25 bits per heavy atom. The number of methoxy groups -OCH3 is 1. The van der Waals surface area contributed by atoms with Crippen molar-refractivity contribution in [3.63, 3.8) is 0 Å². The molecule has 12 heavy (non-hydrogen) atoms.